The van der Waals surface area contributed by atoms with E-state index in [2.05, 4.69) is 0 Å². The number of ether oxygens (including phenoxy) is 7. The Kier molecular flexibility index (Phi) is 7.90. The summed E-state index contributed by atoms with van der Waals surface area (Å²) in [7, 11) is 6.02. The van der Waals surface area contributed by atoms with Crippen molar-refractivity contribution in [3.8, 4) is 45.6 Å². The molecule has 38 heavy (non-hydrogen) atoms. The topological polar surface area (TPSA) is 102 Å². The third kappa shape index (κ3) is 4.27. The first-order chi connectivity index (χ1) is 18.2. The minimum atomic E-state index is -1.67. The first-order valence-electron chi connectivity index (χ1n) is 12.1. The fourth-order valence-corrected chi connectivity index (χ4v) is 5.46. The lowest BCUT2D eigenvalue weighted by atomic mass is 9.73. The molecule has 0 aromatic heterocycles. The fraction of sp³-hybridized carbons (Fsp3) is 0.464. The van der Waals surface area contributed by atoms with Crippen LogP contribution in [0.1, 0.15) is 38.0 Å². The fourth-order valence-electron chi connectivity index (χ4n) is 5.05. The second kappa shape index (κ2) is 10.8. The van der Waals surface area contributed by atoms with E-state index in [4.69, 9.17) is 44.8 Å². The molecule has 206 valence electrons. The van der Waals surface area contributed by atoms with Crippen molar-refractivity contribution >= 4 is 17.6 Å². The van der Waals surface area contributed by atoms with Gasteiger partial charge in [-0.2, -0.15) is 0 Å². The predicted molar refractivity (Wildman–Crippen MR) is 141 cm³/mol. The molecule has 3 atom stereocenters. The molecular formula is C28H33ClO9. The second-order valence-electron chi connectivity index (χ2n) is 9.27. The number of allylic oxidation sites excluding steroid dienone is 1. The first kappa shape index (κ1) is 27.7. The normalized spacial score (nSPS) is 22.0. The van der Waals surface area contributed by atoms with Crippen LogP contribution < -0.4 is 28.4 Å². The van der Waals surface area contributed by atoms with Crippen molar-refractivity contribution in [2.45, 2.75) is 38.9 Å². The number of carbonyl (C=O) groups excluding carboxylic acids is 1. The van der Waals surface area contributed by atoms with Gasteiger partial charge in [0.05, 0.1) is 34.3 Å². The van der Waals surface area contributed by atoms with E-state index in [-0.39, 0.29) is 12.7 Å². The summed E-state index contributed by atoms with van der Waals surface area (Å²) in [5.41, 5.74) is 1.03. The lowest BCUT2D eigenvalue weighted by Gasteiger charge is -2.42. The summed E-state index contributed by atoms with van der Waals surface area (Å²) >= 11 is 6.47. The van der Waals surface area contributed by atoms with Crippen molar-refractivity contribution in [2.24, 2.45) is 5.92 Å². The van der Waals surface area contributed by atoms with Crippen molar-refractivity contribution in [1.82, 2.24) is 0 Å². The van der Waals surface area contributed by atoms with Crippen LogP contribution in [0.4, 0.5) is 0 Å². The molecule has 0 saturated heterocycles. The van der Waals surface area contributed by atoms with Gasteiger partial charge in [-0.15, -0.1) is 11.6 Å². The van der Waals surface area contributed by atoms with Crippen LogP contribution in [0.2, 0.25) is 0 Å². The summed E-state index contributed by atoms with van der Waals surface area (Å²) in [6.45, 7) is 5.27. The van der Waals surface area contributed by atoms with E-state index in [1.807, 2.05) is 13.0 Å². The zero-order valence-corrected chi connectivity index (χ0v) is 23.4. The third-order valence-electron chi connectivity index (χ3n) is 7.33. The molecule has 1 N–H and O–H groups in total. The highest BCUT2D eigenvalue weighted by Crippen LogP contribution is 2.59. The number of hydrogen-bond acceptors (Lipinski definition) is 9. The molecule has 2 aliphatic rings. The van der Waals surface area contributed by atoms with Crippen LogP contribution in [-0.2, 0) is 16.0 Å². The second-order valence-corrected chi connectivity index (χ2v) is 9.54. The highest BCUT2D eigenvalue weighted by molar-refractivity contribution is 6.18. The Hall–Kier alpha value is -3.30. The monoisotopic (exact) mass is 548 g/mol. The van der Waals surface area contributed by atoms with Gasteiger partial charge >= 0.3 is 5.97 Å². The van der Waals surface area contributed by atoms with Crippen LogP contribution in [0.3, 0.4) is 0 Å². The van der Waals surface area contributed by atoms with Crippen molar-refractivity contribution in [3.05, 3.63) is 34.9 Å². The molecule has 1 aliphatic heterocycles. The Balaban J connectivity index is 2.19. The molecule has 9 nitrogen and oxygen atoms in total. The van der Waals surface area contributed by atoms with Crippen LogP contribution in [0.25, 0.3) is 11.1 Å². The number of carbonyl (C=O) groups is 1. The van der Waals surface area contributed by atoms with Crippen LogP contribution in [0.5, 0.6) is 34.5 Å². The number of benzene rings is 2. The maximum absolute atomic E-state index is 13.1. The molecule has 0 fully saturated rings. The number of rotatable bonds is 7. The molecule has 0 radical (unpaired) electrons. The molecular weight excluding hydrogens is 516 g/mol. The molecule has 0 bridgehead atoms. The zero-order valence-electron chi connectivity index (χ0n) is 22.6. The zero-order chi connectivity index (χ0) is 27.8. The molecule has 4 rings (SSSR count). The minimum absolute atomic E-state index is 0.0363. The van der Waals surface area contributed by atoms with Gasteiger partial charge in [0, 0.05) is 22.3 Å². The maximum Gasteiger partial charge on any atom is 0.334 e. The van der Waals surface area contributed by atoms with Gasteiger partial charge in [0.2, 0.25) is 18.3 Å². The van der Waals surface area contributed by atoms with Crippen molar-refractivity contribution in [3.63, 3.8) is 0 Å². The Morgan fingerprint density at radius 3 is 2.34 bits per heavy atom. The highest BCUT2D eigenvalue weighted by atomic mass is 35.5. The van der Waals surface area contributed by atoms with Gasteiger partial charge in [-0.3, -0.25) is 0 Å². The largest absolute Gasteiger partial charge is 0.493 e. The van der Waals surface area contributed by atoms with Crippen LogP contribution >= 0.6 is 11.6 Å². The SMILES string of the molecule is CC=C(C)C(=O)O[C@H]1c2cc(OC)c(OC)c(OC)c2-c2c(cc3c(c2OC)OCO3)C[C@H](C)[C@@]1(O)CCl. The predicted octanol–water partition coefficient (Wildman–Crippen LogP) is 4.83. The van der Waals surface area contributed by atoms with E-state index in [0.717, 1.165) is 5.56 Å². The highest BCUT2D eigenvalue weighted by Gasteiger charge is 2.49. The summed E-state index contributed by atoms with van der Waals surface area (Å²) in [5, 5.41) is 12.1. The average Bonchev–Trinajstić information content (AvgIpc) is 3.40. The van der Waals surface area contributed by atoms with E-state index < -0.39 is 23.6 Å². The van der Waals surface area contributed by atoms with Gasteiger partial charge in [0.15, 0.2) is 29.1 Å². The van der Waals surface area contributed by atoms with Crippen LogP contribution in [0.15, 0.2) is 23.8 Å². The number of aliphatic hydroxyl groups is 1. The summed E-state index contributed by atoms with van der Waals surface area (Å²) in [6, 6.07) is 3.53. The van der Waals surface area contributed by atoms with Crippen molar-refractivity contribution in [1.29, 1.82) is 0 Å². The number of fused-ring (bicyclic) bond motifs is 4. The average molecular weight is 549 g/mol. The molecule has 1 heterocycles. The van der Waals surface area contributed by atoms with Gasteiger partial charge in [0.25, 0.3) is 0 Å². The quantitative estimate of drug-likeness (QED) is 0.296. The minimum Gasteiger partial charge on any atom is -0.493 e. The van der Waals surface area contributed by atoms with Gasteiger partial charge in [-0.05, 0) is 43.9 Å². The summed E-state index contributed by atoms with van der Waals surface area (Å²) < 4.78 is 40.6. The number of methoxy groups -OCH3 is 4. The summed E-state index contributed by atoms with van der Waals surface area (Å²) in [5.74, 6) is 1.04. The Bertz CT molecular complexity index is 1270. The van der Waals surface area contributed by atoms with Gasteiger partial charge < -0.3 is 38.3 Å². The first-order valence-corrected chi connectivity index (χ1v) is 12.7. The summed E-state index contributed by atoms with van der Waals surface area (Å²) in [4.78, 5) is 13.1. The number of halogens is 1. The molecule has 2 aromatic rings. The van der Waals surface area contributed by atoms with Gasteiger partial charge in [-0.25, -0.2) is 4.79 Å². The molecule has 0 amide bonds. The third-order valence-corrected chi connectivity index (χ3v) is 7.75. The lowest BCUT2D eigenvalue weighted by Crippen LogP contribution is -2.48. The molecule has 0 unspecified atom stereocenters. The van der Waals surface area contributed by atoms with E-state index in [1.165, 1.54) is 28.4 Å². The van der Waals surface area contributed by atoms with E-state index in [0.29, 0.717) is 63.2 Å². The molecule has 10 heteroatoms. The smallest absolute Gasteiger partial charge is 0.334 e. The van der Waals surface area contributed by atoms with E-state index in [1.54, 1.807) is 26.0 Å². The Labute approximate surface area is 227 Å². The van der Waals surface area contributed by atoms with Crippen molar-refractivity contribution < 1.29 is 43.1 Å². The van der Waals surface area contributed by atoms with E-state index in [9.17, 15) is 9.90 Å². The van der Waals surface area contributed by atoms with E-state index >= 15 is 0 Å². The number of alkyl halides is 1. The molecule has 1 aliphatic carbocycles. The molecule has 2 aromatic carbocycles. The van der Waals surface area contributed by atoms with Crippen molar-refractivity contribution in [2.75, 3.05) is 41.1 Å². The van der Waals surface area contributed by atoms with Gasteiger partial charge in [0.1, 0.15) is 5.60 Å². The van der Waals surface area contributed by atoms with Crippen LogP contribution in [-0.4, -0.2) is 57.8 Å². The Morgan fingerprint density at radius 2 is 1.76 bits per heavy atom. The molecule has 0 spiro atoms. The number of esters is 1. The van der Waals surface area contributed by atoms with Gasteiger partial charge in [-0.1, -0.05) is 13.0 Å². The lowest BCUT2D eigenvalue weighted by molar-refractivity contribution is -0.166. The maximum atomic E-state index is 13.1. The number of hydrogen-bond donors (Lipinski definition) is 1. The summed E-state index contributed by atoms with van der Waals surface area (Å²) in [6.07, 6.45) is 0.784. The van der Waals surface area contributed by atoms with Crippen LogP contribution in [0, 0.1) is 5.92 Å². The Morgan fingerprint density at radius 1 is 1.08 bits per heavy atom. The standard InChI is InChI=1S/C28H33ClO9/c1-8-14(2)27(30)38-26-17-11-18(32-4)22(33-5)25(35-7)21(17)20-16(9-15(3)28(26,31)12-29)10-19-23(24(20)34-6)37-13-36-19/h8,10-11,15,26,31H,9,12-13H2,1-7H3/t15-,26-,28-/m0/s1. The molecule has 0 saturated carbocycles.